The molecular formula is C17H22NO7+. The van der Waals surface area contributed by atoms with Gasteiger partial charge in [0.1, 0.15) is 18.8 Å². The van der Waals surface area contributed by atoms with Crippen LogP contribution in [-0.2, 0) is 28.5 Å². The second-order valence-electron chi connectivity index (χ2n) is 6.53. The highest BCUT2D eigenvalue weighted by atomic mass is 16.8. The van der Waals surface area contributed by atoms with Gasteiger partial charge in [0.15, 0.2) is 24.3 Å². The summed E-state index contributed by atoms with van der Waals surface area (Å²) in [6, 6.07) is 5.68. The third-order valence-corrected chi connectivity index (χ3v) is 4.11. The molecule has 0 aliphatic carbocycles. The van der Waals surface area contributed by atoms with Crippen LogP contribution < -0.4 is 4.57 Å². The van der Waals surface area contributed by atoms with Crippen molar-refractivity contribution in [2.45, 2.75) is 57.0 Å². The molecule has 8 heteroatoms. The van der Waals surface area contributed by atoms with Gasteiger partial charge in [-0.05, 0) is 13.8 Å². The molecule has 2 aliphatic heterocycles. The van der Waals surface area contributed by atoms with Gasteiger partial charge in [-0.15, -0.1) is 0 Å². The molecule has 3 heterocycles. The number of ether oxygens (including phenoxy) is 4. The molecule has 0 amide bonds. The Morgan fingerprint density at radius 1 is 1.12 bits per heavy atom. The fourth-order valence-corrected chi connectivity index (χ4v) is 3.07. The number of aliphatic carboxylic acids is 1. The molecule has 1 aromatic rings. The minimum absolute atomic E-state index is 0.0110. The molecule has 25 heavy (non-hydrogen) atoms. The molecule has 1 aromatic heterocycles. The smallest absolute Gasteiger partial charge is 0.306 e. The predicted molar refractivity (Wildman–Crippen MR) is 82.2 cm³/mol. The van der Waals surface area contributed by atoms with Gasteiger partial charge in [0, 0.05) is 12.1 Å². The van der Waals surface area contributed by atoms with Gasteiger partial charge in [0.2, 0.25) is 0 Å². The van der Waals surface area contributed by atoms with Gasteiger partial charge in [-0.25, -0.2) is 0 Å². The van der Waals surface area contributed by atoms with E-state index in [1.54, 1.807) is 0 Å². The summed E-state index contributed by atoms with van der Waals surface area (Å²) in [5, 5.41) is 8.61. The van der Waals surface area contributed by atoms with Crippen LogP contribution in [0.4, 0.5) is 0 Å². The van der Waals surface area contributed by atoms with Crippen LogP contribution in [0.25, 0.3) is 0 Å². The zero-order valence-electron chi connectivity index (χ0n) is 14.2. The summed E-state index contributed by atoms with van der Waals surface area (Å²) in [5.41, 5.74) is 0. The lowest BCUT2D eigenvalue weighted by Crippen LogP contribution is -2.45. The molecular weight excluding hydrogens is 330 g/mol. The fourth-order valence-electron chi connectivity index (χ4n) is 3.07. The van der Waals surface area contributed by atoms with E-state index in [2.05, 4.69) is 0 Å². The Hall–Kier alpha value is -2.03. The Morgan fingerprint density at radius 3 is 2.48 bits per heavy atom. The molecule has 2 saturated heterocycles. The van der Waals surface area contributed by atoms with Gasteiger partial charge in [0.25, 0.3) is 6.23 Å². The maximum absolute atomic E-state index is 11.7. The number of rotatable bonds is 6. The summed E-state index contributed by atoms with van der Waals surface area (Å²) in [4.78, 5) is 22.2. The molecule has 0 spiro atoms. The van der Waals surface area contributed by atoms with Gasteiger partial charge >= 0.3 is 11.9 Å². The number of carbonyl (C=O) groups is 2. The van der Waals surface area contributed by atoms with Crippen LogP contribution >= 0.6 is 0 Å². The lowest BCUT2D eigenvalue weighted by molar-refractivity contribution is -0.766. The van der Waals surface area contributed by atoms with E-state index >= 15 is 0 Å². The van der Waals surface area contributed by atoms with Crippen molar-refractivity contribution in [1.82, 2.24) is 0 Å². The Bertz CT molecular complexity index is 633. The van der Waals surface area contributed by atoms with E-state index in [-0.39, 0.29) is 31.7 Å². The molecule has 4 atom stereocenters. The second kappa shape index (κ2) is 7.07. The van der Waals surface area contributed by atoms with Gasteiger partial charge < -0.3 is 24.1 Å². The number of fused-ring (bicyclic) bond motifs is 1. The third kappa shape index (κ3) is 4.15. The maximum atomic E-state index is 11.7. The van der Waals surface area contributed by atoms with Crippen LogP contribution in [0.1, 0.15) is 32.9 Å². The number of carbonyl (C=O) groups excluding carboxylic acids is 1. The van der Waals surface area contributed by atoms with Gasteiger partial charge in [-0.3, -0.25) is 9.59 Å². The van der Waals surface area contributed by atoms with Crippen LogP contribution in [0.3, 0.4) is 0 Å². The second-order valence-corrected chi connectivity index (χ2v) is 6.53. The van der Waals surface area contributed by atoms with E-state index in [0.717, 1.165) is 0 Å². The van der Waals surface area contributed by atoms with Crippen molar-refractivity contribution in [1.29, 1.82) is 0 Å². The third-order valence-electron chi connectivity index (χ3n) is 4.11. The normalized spacial score (nSPS) is 30.0. The number of carboxylic acid groups (broad SMARTS) is 1. The molecule has 3 rings (SSSR count). The Morgan fingerprint density at radius 2 is 1.80 bits per heavy atom. The largest absolute Gasteiger partial charge is 0.481 e. The molecule has 0 saturated carbocycles. The summed E-state index contributed by atoms with van der Waals surface area (Å²) in [6.45, 7) is 3.64. The maximum Gasteiger partial charge on any atom is 0.306 e. The van der Waals surface area contributed by atoms with Gasteiger partial charge in [-0.2, -0.15) is 4.57 Å². The molecule has 0 bridgehead atoms. The minimum Gasteiger partial charge on any atom is -0.481 e. The number of esters is 1. The van der Waals surface area contributed by atoms with Crippen LogP contribution in [0.5, 0.6) is 0 Å². The van der Waals surface area contributed by atoms with E-state index in [4.69, 9.17) is 24.1 Å². The zero-order chi connectivity index (χ0) is 18.0. The van der Waals surface area contributed by atoms with Crippen molar-refractivity contribution in [2.75, 3.05) is 6.61 Å². The average Bonchev–Trinajstić information content (AvgIpc) is 3.05. The first-order chi connectivity index (χ1) is 11.9. The molecule has 0 unspecified atom stereocenters. The van der Waals surface area contributed by atoms with Crippen molar-refractivity contribution in [2.24, 2.45) is 0 Å². The number of hydrogen-bond acceptors (Lipinski definition) is 6. The van der Waals surface area contributed by atoms with Gasteiger partial charge in [-0.1, -0.05) is 6.07 Å². The molecule has 2 aliphatic rings. The predicted octanol–water partition coefficient (Wildman–Crippen LogP) is 0.800. The van der Waals surface area contributed by atoms with E-state index in [0.29, 0.717) is 0 Å². The van der Waals surface area contributed by atoms with Crippen LogP contribution in [-0.4, -0.2) is 47.8 Å². The van der Waals surface area contributed by atoms with Crippen molar-refractivity contribution in [3.63, 3.8) is 0 Å². The lowest BCUT2D eigenvalue weighted by atomic mass is 10.1. The first kappa shape index (κ1) is 17.8. The fraction of sp³-hybridized carbons (Fsp3) is 0.588. The quantitative estimate of drug-likeness (QED) is 0.598. The molecule has 0 radical (unpaired) electrons. The number of aromatic nitrogens is 1. The Balaban J connectivity index is 1.66. The molecule has 2 fully saturated rings. The summed E-state index contributed by atoms with van der Waals surface area (Å²) in [5.74, 6) is -2.36. The molecule has 1 N–H and O–H groups in total. The summed E-state index contributed by atoms with van der Waals surface area (Å²) < 4.78 is 24.9. The van der Waals surface area contributed by atoms with Crippen LogP contribution in [0.2, 0.25) is 0 Å². The standard InChI is InChI=1S/C17H21NO7/c1-17(2)24-14-11(10-22-13(21)7-6-12(19)20)23-16(15(14)25-17)18-8-4-3-5-9-18/h3-5,8-9,11,14-16H,6-7,10H2,1-2H3/p+1/t11-,14-,15-,16-/m1/s1. The topological polar surface area (TPSA) is 95.2 Å². The van der Waals surface area contributed by atoms with E-state index in [1.807, 2.05) is 49.0 Å². The average molecular weight is 352 g/mol. The highest BCUT2D eigenvalue weighted by Crippen LogP contribution is 2.41. The molecule has 0 aromatic carbocycles. The minimum atomic E-state index is -1.04. The molecule has 136 valence electrons. The zero-order valence-corrected chi connectivity index (χ0v) is 14.2. The van der Waals surface area contributed by atoms with Crippen LogP contribution in [0, 0.1) is 0 Å². The Kier molecular flexibility index (Phi) is 5.03. The van der Waals surface area contributed by atoms with Crippen molar-refractivity contribution < 1.29 is 38.2 Å². The highest BCUT2D eigenvalue weighted by Gasteiger charge is 2.59. The number of carboxylic acids is 1. The van der Waals surface area contributed by atoms with E-state index in [1.165, 1.54) is 0 Å². The molecule has 8 nitrogen and oxygen atoms in total. The number of hydrogen-bond donors (Lipinski definition) is 1. The van der Waals surface area contributed by atoms with Crippen LogP contribution in [0.15, 0.2) is 30.6 Å². The van der Waals surface area contributed by atoms with E-state index < -0.39 is 30.1 Å². The lowest BCUT2D eigenvalue weighted by Gasteiger charge is -2.22. The monoisotopic (exact) mass is 352 g/mol. The van der Waals surface area contributed by atoms with Crippen molar-refractivity contribution in [3.05, 3.63) is 30.6 Å². The summed E-state index contributed by atoms with van der Waals surface area (Å²) >= 11 is 0. The first-order valence-corrected chi connectivity index (χ1v) is 8.20. The van der Waals surface area contributed by atoms with Crippen molar-refractivity contribution >= 4 is 11.9 Å². The number of nitrogens with zero attached hydrogens (tertiary/aromatic N) is 1. The summed E-state index contributed by atoms with van der Waals surface area (Å²) in [6.07, 6.45) is 1.73. The van der Waals surface area contributed by atoms with Gasteiger partial charge in [0.05, 0.1) is 12.8 Å². The van der Waals surface area contributed by atoms with E-state index in [9.17, 15) is 9.59 Å². The number of pyridine rings is 1. The first-order valence-electron chi connectivity index (χ1n) is 8.20. The SMILES string of the molecule is CC1(C)O[C@@H]2[C@H](O1)[C@@H](COC(=O)CCC(=O)O)O[C@H]2[n+]1ccccc1. The Labute approximate surface area is 145 Å². The highest BCUT2D eigenvalue weighted by molar-refractivity contribution is 5.76. The summed E-state index contributed by atoms with van der Waals surface area (Å²) in [7, 11) is 0. The van der Waals surface area contributed by atoms with Crippen molar-refractivity contribution in [3.8, 4) is 0 Å².